The summed E-state index contributed by atoms with van der Waals surface area (Å²) < 4.78 is 5.48. The molecule has 0 radical (unpaired) electrons. The number of nitrogens with zero attached hydrogens (tertiary/aromatic N) is 1. The predicted molar refractivity (Wildman–Crippen MR) is 59.0 cm³/mol. The Labute approximate surface area is 97.9 Å². The number of pyridine rings is 1. The molecule has 0 bridgehead atoms. The van der Waals surface area contributed by atoms with Crippen molar-refractivity contribution in [2.24, 2.45) is 0 Å². The van der Waals surface area contributed by atoms with E-state index < -0.39 is 0 Å². The fraction of sp³-hybridized carbons (Fsp3) is 0.375. The number of rotatable bonds is 0. The molecule has 5 heteroatoms. The molecule has 13 heavy (non-hydrogen) atoms. The molecule has 0 aromatic carbocycles. The number of aromatic nitrogens is 1. The number of ether oxygens (including phenoxy) is 1. The third-order valence-corrected chi connectivity index (χ3v) is 4.60. The predicted octanol–water partition coefficient (Wildman–Crippen LogP) is 3.59. The van der Waals surface area contributed by atoms with E-state index in [4.69, 9.17) is 16.3 Å². The van der Waals surface area contributed by atoms with Gasteiger partial charge in [0.2, 0.25) is 0 Å². The van der Waals surface area contributed by atoms with Crippen molar-refractivity contribution in [3.63, 3.8) is 0 Å². The van der Waals surface area contributed by atoms with Gasteiger partial charge in [-0.3, -0.25) is 4.98 Å². The summed E-state index contributed by atoms with van der Waals surface area (Å²) in [5.41, 5.74) is 1.74. The summed E-state index contributed by atoms with van der Waals surface area (Å²) in [6.45, 7) is 1.88. The Morgan fingerprint density at radius 3 is 2.92 bits per heavy atom. The first-order valence-electron chi connectivity index (χ1n) is 3.71. The summed E-state index contributed by atoms with van der Waals surface area (Å²) >= 11 is 12.8. The summed E-state index contributed by atoms with van der Waals surface area (Å²) in [7, 11) is 0. The Morgan fingerprint density at radius 2 is 2.23 bits per heavy atom. The SMILES string of the molecule is Cc1nc2c(cc1Cl)OC(Br)C2Br. The van der Waals surface area contributed by atoms with Gasteiger partial charge < -0.3 is 4.74 Å². The van der Waals surface area contributed by atoms with E-state index in [1.165, 1.54) is 0 Å². The summed E-state index contributed by atoms with van der Waals surface area (Å²) in [5.74, 6) is 0.749. The molecule has 0 amide bonds. The molecular formula is C8H6Br2ClNO. The molecule has 70 valence electrons. The molecule has 2 heterocycles. The molecular weight excluding hydrogens is 321 g/mol. The second-order valence-electron chi connectivity index (χ2n) is 2.81. The molecule has 2 rings (SSSR count). The van der Waals surface area contributed by atoms with Gasteiger partial charge in [-0.1, -0.05) is 27.5 Å². The van der Waals surface area contributed by atoms with Gasteiger partial charge in [0.1, 0.15) is 16.3 Å². The molecule has 0 fully saturated rings. The molecule has 2 nitrogen and oxygen atoms in total. The number of hydrogen-bond acceptors (Lipinski definition) is 2. The molecule has 0 saturated heterocycles. The summed E-state index contributed by atoms with van der Waals surface area (Å²) in [6, 6.07) is 1.80. The van der Waals surface area contributed by atoms with Gasteiger partial charge >= 0.3 is 0 Å². The van der Waals surface area contributed by atoms with Crippen LogP contribution in [0.5, 0.6) is 5.75 Å². The zero-order chi connectivity index (χ0) is 9.59. The zero-order valence-corrected chi connectivity index (χ0v) is 10.6. The highest BCUT2D eigenvalue weighted by Crippen LogP contribution is 2.44. The molecule has 0 aliphatic carbocycles. The monoisotopic (exact) mass is 325 g/mol. The molecule has 1 aromatic rings. The quantitative estimate of drug-likeness (QED) is 0.679. The van der Waals surface area contributed by atoms with E-state index in [-0.39, 0.29) is 9.84 Å². The van der Waals surface area contributed by atoms with Crippen LogP contribution in [0.2, 0.25) is 5.02 Å². The van der Waals surface area contributed by atoms with Crippen LogP contribution < -0.4 is 4.74 Å². The van der Waals surface area contributed by atoms with Crippen LogP contribution in [0.3, 0.4) is 0 Å². The standard InChI is InChI=1S/C8H6Br2ClNO/c1-3-4(11)2-5-7(12-3)6(9)8(10)13-5/h2,6,8H,1H3. The molecule has 1 aliphatic heterocycles. The minimum Gasteiger partial charge on any atom is -0.476 e. The average Bonchev–Trinajstić information content (AvgIpc) is 2.32. The maximum Gasteiger partial charge on any atom is 0.171 e. The van der Waals surface area contributed by atoms with Crippen molar-refractivity contribution in [3.8, 4) is 5.75 Å². The highest BCUT2D eigenvalue weighted by molar-refractivity contribution is 9.12. The Hall–Kier alpha value is 0.200. The Balaban J connectivity index is 2.53. The van der Waals surface area contributed by atoms with E-state index in [9.17, 15) is 0 Å². The van der Waals surface area contributed by atoms with E-state index in [1.54, 1.807) is 6.07 Å². The van der Waals surface area contributed by atoms with Crippen LogP contribution in [0.25, 0.3) is 0 Å². The average molecular weight is 327 g/mol. The number of hydrogen-bond donors (Lipinski definition) is 0. The van der Waals surface area contributed by atoms with E-state index in [0.29, 0.717) is 5.02 Å². The van der Waals surface area contributed by atoms with Crippen LogP contribution >= 0.6 is 43.5 Å². The lowest BCUT2D eigenvalue weighted by molar-refractivity contribution is 0.329. The Bertz CT molecular complexity index is 358. The van der Waals surface area contributed by atoms with Crippen LogP contribution in [0.1, 0.15) is 16.2 Å². The Morgan fingerprint density at radius 1 is 1.54 bits per heavy atom. The van der Waals surface area contributed by atoms with Crippen LogP contribution in [0, 0.1) is 6.92 Å². The highest BCUT2D eigenvalue weighted by Gasteiger charge is 2.32. The second-order valence-corrected chi connectivity index (χ2v) is 5.11. The number of halogens is 3. The minimum absolute atomic E-state index is 0.0622. The largest absolute Gasteiger partial charge is 0.476 e. The fourth-order valence-electron chi connectivity index (χ4n) is 1.18. The molecule has 2 atom stereocenters. The normalized spacial score (nSPS) is 25.5. The smallest absolute Gasteiger partial charge is 0.171 e. The molecule has 1 aliphatic rings. The fourth-order valence-corrected chi connectivity index (χ4v) is 2.21. The topological polar surface area (TPSA) is 22.1 Å². The zero-order valence-electron chi connectivity index (χ0n) is 6.72. The molecule has 2 unspecified atom stereocenters. The Kier molecular flexibility index (Phi) is 2.55. The van der Waals surface area contributed by atoms with Crippen LogP contribution in [-0.2, 0) is 0 Å². The van der Waals surface area contributed by atoms with Crippen molar-refractivity contribution in [2.75, 3.05) is 0 Å². The van der Waals surface area contributed by atoms with Gasteiger partial charge in [-0.2, -0.15) is 0 Å². The van der Waals surface area contributed by atoms with Crippen LogP contribution in [0.4, 0.5) is 0 Å². The van der Waals surface area contributed by atoms with E-state index in [0.717, 1.165) is 17.1 Å². The van der Waals surface area contributed by atoms with Crippen molar-refractivity contribution in [3.05, 3.63) is 22.5 Å². The molecule has 0 N–H and O–H groups in total. The minimum atomic E-state index is -0.0622. The van der Waals surface area contributed by atoms with E-state index >= 15 is 0 Å². The van der Waals surface area contributed by atoms with Gasteiger partial charge in [0.15, 0.2) is 5.01 Å². The van der Waals surface area contributed by atoms with Gasteiger partial charge in [0.05, 0.1) is 10.7 Å². The van der Waals surface area contributed by atoms with Crippen molar-refractivity contribution in [2.45, 2.75) is 16.8 Å². The number of fused-ring (bicyclic) bond motifs is 1. The molecule has 1 aromatic heterocycles. The maximum atomic E-state index is 5.91. The first kappa shape index (κ1) is 9.74. The van der Waals surface area contributed by atoms with Crippen LogP contribution in [0.15, 0.2) is 6.07 Å². The molecule has 0 spiro atoms. The highest BCUT2D eigenvalue weighted by atomic mass is 79.9. The summed E-state index contributed by atoms with van der Waals surface area (Å²) in [5, 5.41) is 0.577. The van der Waals surface area contributed by atoms with Crippen molar-refractivity contribution < 1.29 is 4.74 Å². The number of alkyl halides is 2. The number of aryl methyl sites for hydroxylation is 1. The van der Waals surface area contributed by atoms with Crippen molar-refractivity contribution in [1.29, 1.82) is 0 Å². The first-order valence-corrected chi connectivity index (χ1v) is 5.92. The third-order valence-electron chi connectivity index (χ3n) is 1.87. The van der Waals surface area contributed by atoms with Gasteiger partial charge in [0, 0.05) is 6.07 Å². The lowest BCUT2D eigenvalue weighted by Gasteiger charge is -2.02. The first-order chi connectivity index (χ1) is 6.09. The third kappa shape index (κ3) is 1.60. The summed E-state index contributed by atoms with van der Waals surface area (Å²) in [4.78, 5) is 4.45. The van der Waals surface area contributed by atoms with Crippen LogP contribution in [-0.4, -0.2) is 10.00 Å². The lowest BCUT2D eigenvalue weighted by atomic mass is 10.2. The van der Waals surface area contributed by atoms with Gasteiger partial charge in [-0.05, 0) is 22.9 Å². The second kappa shape index (κ2) is 3.41. The van der Waals surface area contributed by atoms with Crippen molar-refractivity contribution >= 4 is 43.5 Å². The van der Waals surface area contributed by atoms with Crippen molar-refractivity contribution in [1.82, 2.24) is 4.98 Å². The van der Waals surface area contributed by atoms with Gasteiger partial charge in [-0.15, -0.1) is 0 Å². The summed E-state index contributed by atoms with van der Waals surface area (Å²) in [6.07, 6.45) is 0. The van der Waals surface area contributed by atoms with E-state index in [2.05, 4.69) is 36.8 Å². The van der Waals surface area contributed by atoms with Gasteiger partial charge in [-0.25, -0.2) is 0 Å². The molecule has 0 saturated carbocycles. The maximum absolute atomic E-state index is 5.91. The lowest BCUT2D eigenvalue weighted by Crippen LogP contribution is -2.04. The van der Waals surface area contributed by atoms with Gasteiger partial charge in [0.25, 0.3) is 0 Å². The van der Waals surface area contributed by atoms with E-state index in [1.807, 2.05) is 6.92 Å².